The van der Waals surface area contributed by atoms with Crippen molar-refractivity contribution in [1.82, 2.24) is 35.3 Å². The maximum atomic E-state index is 12.1. The summed E-state index contributed by atoms with van der Waals surface area (Å²) in [5.41, 5.74) is 3.08. The Balaban J connectivity index is 2.05. The first-order valence-corrected chi connectivity index (χ1v) is 6.96. The van der Waals surface area contributed by atoms with E-state index in [1.165, 1.54) is 11.0 Å². The molecule has 1 atom stereocenters. The summed E-state index contributed by atoms with van der Waals surface area (Å²) in [7, 11) is 0. The molecule has 0 bridgehead atoms. The van der Waals surface area contributed by atoms with Crippen LogP contribution in [0.5, 0.6) is 0 Å². The van der Waals surface area contributed by atoms with Gasteiger partial charge in [-0.25, -0.2) is 4.68 Å². The van der Waals surface area contributed by atoms with Crippen LogP contribution in [0.4, 0.5) is 0 Å². The summed E-state index contributed by atoms with van der Waals surface area (Å²) in [5, 5.41) is 18.2. The maximum absolute atomic E-state index is 12.1. The molecule has 2 heterocycles. The third-order valence-corrected chi connectivity index (χ3v) is 3.54. The molecule has 0 aliphatic rings. The van der Waals surface area contributed by atoms with Crippen LogP contribution in [0.1, 0.15) is 49.8 Å². The van der Waals surface area contributed by atoms with Crippen LogP contribution >= 0.6 is 0 Å². The van der Waals surface area contributed by atoms with Crippen LogP contribution in [0.2, 0.25) is 0 Å². The minimum atomic E-state index is -0.444. The molecule has 114 valence electrons. The fourth-order valence-electron chi connectivity index (χ4n) is 2.24. The zero-order valence-electron chi connectivity index (χ0n) is 13.0. The van der Waals surface area contributed by atoms with E-state index in [2.05, 4.69) is 39.8 Å². The van der Waals surface area contributed by atoms with Crippen molar-refractivity contribution < 1.29 is 4.79 Å². The number of carbonyl (C=O) groups excluding carboxylic acids is 1. The van der Waals surface area contributed by atoms with Crippen molar-refractivity contribution >= 4 is 5.91 Å². The predicted molar refractivity (Wildman–Crippen MR) is 76.5 cm³/mol. The van der Waals surface area contributed by atoms with Crippen molar-refractivity contribution in [2.45, 2.75) is 53.2 Å². The highest BCUT2D eigenvalue weighted by molar-refractivity contribution is 5.79. The first-order valence-electron chi connectivity index (χ1n) is 6.96. The molecule has 1 amide bonds. The van der Waals surface area contributed by atoms with E-state index in [0.717, 1.165) is 17.0 Å². The minimum absolute atomic E-state index is 0.126. The zero-order chi connectivity index (χ0) is 15.6. The molecule has 8 heteroatoms. The number of nitrogens with one attached hydrogen (secondary N) is 1. The standard InChI is InChI=1S/C13H21N7O/c1-8(2)20-10(4)12(9(3)16-20)6-14-13(21)11(5)19-7-15-17-18-19/h7-8,11H,6H2,1-5H3,(H,14,21)/t11-/m0/s1. The zero-order valence-corrected chi connectivity index (χ0v) is 13.0. The summed E-state index contributed by atoms with van der Waals surface area (Å²) in [4.78, 5) is 12.1. The van der Waals surface area contributed by atoms with Crippen molar-refractivity contribution in [2.24, 2.45) is 0 Å². The lowest BCUT2D eigenvalue weighted by atomic mass is 10.2. The fraction of sp³-hybridized carbons (Fsp3) is 0.615. The van der Waals surface area contributed by atoms with Gasteiger partial charge in [0.2, 0.25) is 5.91 Å². The van der Waals surface area contributed by atoms with Crippen molar-refractivity contribution in [2.75, 3.05) is 0 Å². The first kappa shape index (κ1) is 15.1. The van der Waals surface area contributed by atoms with Gasteiger partial charge in [-0.3, -0.25) is 9.48 Å². The molecule has 21 heavy (non-hydrogen) atoms. The lowest BCUT2D eigenvalue weighted by Crippen LogP contribution is -2.31. The number of aromatic nitrogens is 6. The highest BCUT2D eigenvalue weighted by Gasteiger charge is 2.18. The molecule has 2 aromatic rings. The van der Waals surface area contributed by atoms with E-state index in [9.17, 15) is 4.79 Å². The number of tetrazole rings is 1. The van der Waals surface area contributed by atoms with Gasteiger partial charge in [-0.2, -0.15) is 5.10 Å². The van der Waals surface area contributed by atoms with Crippen LogP contribution in [0.15, 0.2) is 6.33 Å². The van der Waals surface area contributed by atoms with E-state index in [0.29, 0.717) is 12.6 Å². The summed E-state index contributed by atoms with van der Waals surface area (Å²) < 4.78 is 3.40. The van der Waals surface area contributed by atoms with Crippen molar-refractivity contribution in [3.63, 3.8) is 0 Å². The highest BCUT2D eigenvalue weighted by atomic mass is 16.2. The Bertz CT molecular complexity index is 615. The largest absolute Gasteiger partial charge is 0.350 e. The van der Waals surface area contributed by atoms with Crippen molar-refractivity contribution in [1.29, 1.82) is 0 Å². The average molecular weight is 291 g/mol. The van der Waals surface area contributed by atoms with Crippen LogP contribution in [0.25, 0.3) is 0 Å². The van der Waals surface area contributed by atoms with E-state index in [1.54, 1.807) is 6.92 Å². The average Bonchev–Trinajstić information content (AvgIpc) is 3.05. The second-order valence-corrected chi connectivity index (χ2v) is 5.37. The van der Waals surface area contributed by atoms with E-state index in [1.807, 2.05) is 18.5 Å². The molecule has 0 aliphatic carbocycles. The molecule has 0 fully saturated rings. The third kappa shape index (κ3) is 3.09. The fourth-order valence-corrected chi connectivity index (χ4v) is 2.24. The molecule has 8 nitrogen and oxygen atoms in total. The Morgan fingerprint density at radius 1 is 1.33 bits per heavy atom. The Morgan fingerprint density at radius 2 is 2.05 bits per heavy atom. The van der Waals surface area contributed by atoms with Gasteiger partial charge in [0.15, 0.2) is 0 Å². The number of aryl methyl sites for hydroxylation is 1. The number of hydrogen-bond acceptors (Lipinski definition) is 5. The topological polar surface area (TPSA) is 90.5 Å². The van der Waals surface area contributed by atoms with Gasteiger partial charge in [0, 0.05) is 23.8 Å². The second-order valence-electron chi connectivity index (χ2n) is 5.37. The van der Waals surface area contributed by atoms with Gasteiger partial charge in [-0.05, 0) is 45.0 Å². The van der Waals surface area contributed by atoms with Crippen molar-refractivity contribution in [3.8, 4) is 0 Å². The molecule has 2 rings (SSSR count). The van der Waals surface area contributed by atoms with Gasteiger partial charge < -0.3 is 5.32 Å². The van der Waals surface area contributed by atoms with Crippen LogP contribution in [-0.2, 0) is 11.3 Å². The summed E-state index contributed by atoms with van der Waals surface area (Å²) >= 11 is 0. The molecule has 0 spiro atoms. The molecule has 0 aromatic carbocycles. The lowest BCUT2D eigenvalue weighted by molar-refractivity contribution is -0.124. The smallest absolute Gasteiger partial charge is 0.244 e. The number of hydrogen-bond donors (Lipinski definition) is 1. The van der Waals surface area contributed by atoms with Gasteiger partial charge >= 0.3 is 0 Å². The summed E-state index contributed by atoms with van der Waals surface area (Å²) in [6, 6.07) is -0.144. The maximum Gasteiger partial charge on any atom is 0.244 e. The Morgan fingerprint density at radius 3 is 2.57 bits per heavy atom. The normalized spacial score (nSPS) is 12.7. The SMILES string of the molecule is Cc1nn(C(C)C)c(C)c1CNC(=O)[C@H](C)n1cnnn1. The molecular weight excluding hydrogens is 270 g/mol. The minimum Gasteiger partial charge on any atom is -0.350 e. The molecule has 0 saturated heterocycles. The van der Waals surface area contributed by atoms with Gasteiger partial charge in [0.1, 0.15) is 12.4 Å². The quantitative estimate of drug-likeness (QED) is 0.885. The summed E-state index contributed by atoms with van der Waals surface area (Å²) in [5.74, 6) is -0.126. The van der Waals surface area contributed by atoms with Gasteiger partial charge in [0.25, 0.3) is 0 Å². The summed E-state index contributed by atoms with van der Waals surface area (Å²) in [6.45, 7) is 10.4. The van der Waals surface area contributed by atoms with Gasteiger partial charge in [0.05, 0.1) is 5.69 Å². The third-order valence-electron chi connectivity index (χ3n) is 3.54. The van der Waals surface area contributed by atoms with Gasteiger partial charge in [-0.1, -0.05) is 0 Å². The van der Waals surface area contributed by atoms with Crippen LogP contribution in [0.3, 0.4) is 0 Å². The van der Waals surface area contributed by atoms with E-state index < -0.39 is 6.04 Å². The number of nitrogens with zero attached hydrogens (tertiary/aromatic N) is 6. The molecular formula is C13H21N7O. The first-order chi connectivity index (χ1) is 9.91. The Kier molecular flexibility index (Phi) is 4.35. The molecule has 0 unspecified atom stereocenters. The van der Waals surface area contributed by atoms with Crippen molar-refractivity contribution in [3.05, 3.63) is 23.3 Å². The van der Waals surface area contributed by atoms with Crippen LogP contribution in [0, 0.1) is 13.8 Å². The van der Waals surface area contributed by atoms with E-state index >= 15 is 0 Å². The summed E-state index contributed by atoms with van der Waals surface area (Å²) in [6.07, 6.45) is 1.43. The van der Waals surface area contributed by atoms with E-state index in [4.69, 9.17) is 0 Å². The lowest BCUT2D eigenvalue weighted by Gasteiger charge is -2.12. The molecule has 0 radical (unpaired) electrons. The molecule has 2 aromatic heterocycles. The second kappa shape index (κ2) is 6.02. The van der Waals surface area contributed by atoms with Gasteiger partial charge in [-0.15, -0.1) is 5.10 Å². The Hall–Kier alpha value is -2.25. The molecule has 1 N–H and O–H groups in total. The molecule has 0 aliphatic heterocycles. The highest BCUT2D eigenvalue weighted by Crippen LogP contribution is 2.17. The number of carbonyl (C=O) groups is 1. The van der Waals surface area contributed by atoms with Crippen LogP contribution in [-0.4, -0.2) is 35.9 Å². The number of amides is 1. The molecule has 0 saturated carbocycles. The predicted octanol–water partition coefficient (Wildman–Crippen LogP) is 0.945. The monoisotopic (exact) mass is 291 g/mol. The Labute approximate surface area is 123 Å². The van der Waals surface area contributed by atoms with E-state index in [-0.39, 0.29) is 5.91 Å². The van der Waals surface area contributed by atoms with Crippen LogP contribution < -0.4 is 5.32 Å². The number of rotatable bonds is 5.